The molecule has 0 aliphatic rings. The van der Waals surface area contributed by atoms with E-state index in [0.717, 1.165) is 46.4 Å². The molecule has 0 spiro atoms. The largest absolute Gasteiger partial charge is 0.490 e. The van der Waals surface area contributed by atoms with E-state index in [1.165, 1.54) is 5.56 Å². The van der Waals surface area contributed by atoms with Crippen molar-refractivity contribution in [3.8, 4) is 11.5 Å². The van der Waals surface area contributed by atoms with Crippen LogP contribution in [-0.2, 0) is 6.54 Å². The topological polar surface area (TPSA) is 60.7 Å². The Morgan fingerprint density at radius 1 is 0.935 bits per heavy atom. The summed E-state index contributed by atoms with van der Waals surface area (Å²) in [6.07, 6.45) is 1.89. The van der Waals surface area contributed by atoms with Gasteiger partial charge in [-0.05, 0) is 80.1 Å². The van der Waals surface area contributed by atoms with Crippen molar-refractivity contribution in [1.82, 2.24) is 5.32 Å². The molecule has 0 aliphatic heterocycles. The second-order valence-corrected chi connectivity index (χ2v) is 8.03. The molecule has 0 aliphatic carbocycles. The zero-order chi connectivity index (χ0) is 22.4. The number of fused-ring (bicyclic) bond motifs is 1. The lowest BCUT2D eigenvalue weighted by molar-refractivity contribution is 0.268. The molecular weight excluding hydrogens is 390 g/mol. The van der Waals surface area contributed by atoms with Crippen LogP contribution in [0.3, 0.4) is 0 Å². The summed E-state index contributed by atoms with van der Waals surface area (Å²) in [5, 5.41) is 4.51. The van der Waals surface area contributed by atoms with Gasteiger partial charge in [-0.25, -0.2) is 4.79 Å². The van der Waals surface area contributed by atoms with E-state index in [-0.39, 0.29) is 11.7 Å². The number of hydrogen-bond donors (Lipinski definition) is 1. The smallest absolute Gasteiger partial charge is 0.336 e. The average Bonchev–Trinajstić information content (AvgIpc) is 2.75. The molecule has 1 aromatic heterocycles. The maximum Gasteiger partial charge on any atom is 0.336 e. The molecule has 31 heavy (non-hydrogen) atoms. The van der Waals surface area contributed by atoms with Gasteiger partial charge >= 0.3 is 5.63 Å². The first-order valence-electron chi connectivity index (χ1n) is 11.1. The minimum Gasteiger partial charge on any atom is -0.490 e. The Labute approximate surface area is 184 Å². The minimum absolute atomic E-state index is 0.0676. The lowest BCUT2D eigenvalue weighted by Gasteiger charge is -2.18. The molecule has 1 N–H and O–H groups in total. The number of nitrogens with one attached hydrogen (secondary N) is 1. The number of aryl methyl sites for hydroxylation is 2. The fourth-order valence-corrected chi connectivity index (χ4v) is 3.46. The normalized spacial score (nSPS) is 12.2. The van der Waals surface area contributed by atoms with Crippen LogP contribution in [-0.4, -0.2) is 13.2 Å². The van der Waals surface area contributed by atoms with Crippen LogP contribution in [0.2, 0.25) is 0 Å². The van der Waals surface area contributed by atoms with Crippen LogP contribution in [0.5, 0.6) is 11.5 Å². The highest BCUT2D eigenvalue weighted by molar-refractivity contribution is 5.81. The zero-order valence-corrected chi connectivity index (χ0v) is 19.2. The highest BCUT2D eigenvalue weighted by Crippen LogP contribution is 2.31. The molecule has 0 bridgehead atoms. The van der Waals surface area contributed by atoms with Gasteiger partial charge in [0.2, 0.25) is 0 Å². The first-order chi connectivity index (χ1) is 14.9. The van der Waals surface area contributed by atoms with E-state index in [0.29, 0.717) is 25.3 Å². The first-order valence-corrected chi connectivity index (χ1v) is 11.1. The third-order valence-corrected chi connectivity index (χ3v) is 5.43. The molecule has 5 heteroatoms. The van der Waals surface area contributed by atoms with Gasteiger partial charge in [0, 0.05) is 24.0 Å². The molecular formula is C26H33NO4. The lowest BCUT2D eigenvalue weighted by Crippen LogP contribution is -2.19. The lowest BCUT2D eigenvalue weighted by atomic mass is 10.0. The van der Waals surface area contributed by atoms with E-state index in [4.69, 9.17) is 13.9 Å². The van der Waals surface area contributed by atoms with Gasteiger partial charge in [0.05, 0.1) is 13.2 Å². The van der Waals surface area contributed by atoms with Crippen LogP contribution in [0, 0.1) is 13.8 Å². The molecule has 1 heterocycles. The van der Waals surface area contributed by atoms with Gasteiger partial charge < -0.3 is 19.2 Å². The number of hydrogen-bond acceptors (Lipinski definition) is 5. The van der Waals surface area contributed by atoms with E-state index in [2.05, 4.69) is 45.1 Å². The van der Waals surface area contributed by atoms with Crippen LogP contribution in [0.1, 0.15) is 61.9 Å². The maximum atomic E-state index is 12.1. The molecule has 0 radical (unpaired) electrons. The second kappa shape index (κ2) is 10.5. The summed E-state index contributed by atoms with van der Waals surface area (Å²) in [7, 11) is 0. The Hall–Kier alpha value is -2.79. The van der Waals surface area contributed by atoms with Crippen molar-refractivity contribution >= 4 is 11.0 Å². The Bertz CT molecular complexity index is 1090. The van der Waals surface area contributed by atoms with Crippen molar-refractivity contribution < 1.29 is 13.9 Å². The van der Waals surface area contributed by atoms with Gasteiger partial charge in [-0.1, -0.05) is 19.9 Å². The Morgan fingerprint density at radius 2 is 1.61 bits per heavy atom. The van der Waals surface area contributed by atoms with Crippen LogP contribution in [0.4, 0.5) is 0 Å². The summed E-state index contributed by atoms with van der Waals surface area (Å²) in [5.41, 5.74) is 4.64. The summed E-state index contributed by atoms with van der Waals surface area (Å²) in [6.45, 7) is 12.2. The maximum absolute atomic E-state index is 12.1. The highest BCUT2D eigenvalue weighted by atomic mass is 16.5. The van der Waals surface area contributed by atoms with Crippen molar-refractivity contribution in [3.05, 3.63) is 69.1 Å². The van der Waals surface area contributed by atoms with Crippen LogP contribution >= 0.6 is 0 Å². The molecule has 0 unspecified atom stereocenters. The molecule has 3 rings (SSSR count). The number of ether oxygens (including phenoxy) is 2. The van der Waals surface area contributed by atoms with Crippen LogP contribution in [0.15, 0.2) is 45.6 Å². The Kier molecular flexibility index (Phi) is 7.75. The molecule has 0 amide bonds. The molecule has 1 atom stereocenters. The van der Waals surface area contributed by atoms with E-state index in [9.17, 15) is 4.79 Å². The summed E-state index contributed by atoms with van der Waals surface area (Å²) < 4.78 is 17.2. The van der Waals surface area contributed by atoms with Gasteiger partial charge in [-0.2, -0.15) is 0 Å². The predicted octanol–water partition coefficient (Wildman–Crippen LogP) is 5.84. The standard InChI is InChI=1S/C26H33NO4/c1-6-10-29-23-9-8-20(14-25(23)30-11-7-2)19(5)27-16-21-15-26(28)31-24-13-18(4)17(3)12-22(21)24/h8-9,12-15,19,27H,6-7,10-11,16H2,1-5H3/t19-/m1/s1. The Morgan fingerprint density at radius 3 is 2.32 bits per heavy atom. The van der Waals surface area contributed by atoms with Crippen LogP contribution in [0.25, 0.3) is 11.0 Å². The molecule has 2 aromatic carbocycles. The fourth-order valence-electron chi connectivity index (χ4n) is 3.46. The number of benzene rings is 2. The SMILES string of the molecule is CCCOc1ccc([C@@H](C)NCc2cc(=O)oc3cc(C)c(C)cc23)cc1OCCC. The van der Waals surface area contributed by atoms with E-state index < -0.39 is 0 Å². The van der Waals surface area contributed by atoms with Crippen molar-refractivity contribution in [1.29, 1.82) is 0 Å². The quantitative estimate of drug-likeness (QED) is 0.415. The molecule has 166 valence electrons. The summed E-state index contributed by atoms with van der Waals surface area (Å²) in [6, 6.07) is 11.8. The number of rotatable bonds is 10. The van der Waals surface area contributed by atoms with Crippen molar-refractivity contribution in [3.63, 3.8) is 0 Å². The Balaban J connectivity index is 1.81. The van der Waals surface area contributed by atoms with Crippen molar-refractivity contribution in [2.75, 3.05) is 13.2 Å². The predicted molar refractivity (Wildman–Crippen MR) is 125 cm³/mol. The third kappa shape index (κ3) is 5.67. The molecule has 3 aromatic rings. The van der Waals surface area contributed by atoms with E-state index in [1.54, 1.807) is 6.07 Å². The summed E-state index contributed by atoms with van der Waals surface area (Å²) in [4.78, 5) is 12.1. The summed E-state index contributed by atoms with van der Waals surface area (Å²) in [5.74, 6) is 1.56. The van der Waals surface area contributed by atoms with Crippen LogP contribution < -0.4 is 20.4 Å². The summed E-state index contributed by atoms with van der Waals surface area (Å²) >= 11 is 0. The van der Waals surface area contributed by atoms with Crippen molar-refractivity contribution in [2.45, 2.75) is 60.0 Å². The van der Waals surface area contributed by atoms with Gasteiger partial charge in [-0.15, -0.1) is 0 Å². The molecule has 5 nitrogen and oxygen atoms in total. The van der Waals surface area contributed by atoms with Gasteiger partial charge in [0.1, 0.15) is 5.58 Å². The average molecular weight is 424 g/mol. The van der Waals surface area contributed by atoms with Crippen molar-refractivity contribution in [2.24, 2.45) is 0 Å². The zero-order valence-electron chi connectivity index (χ0n) is 19.2. The molecule has 0 fully saturated rings. The first kappa shape index (κ1) is 22.9. The van der Waals surface area contributed by atoms with Gasteiger partial charge in [0.25, 0.3) is 0 Å². The van der Waals surface area contributed by atoms with E-state index >= 15 is 0 Å². The highest BCUT2D eigenvalue weighted by Gasteiger charge is 2.13. The third-order valence-electron chi connectivity index (χ3n) is 5.43. The monoisotopic (exact) mass is 423 g/mol. The fraction of sp³-hybridized carbons (Fsp3) is 0.423. The van der Waals surface area contributed by atoms with Gasteiger partial charge in [-0.3, -0.25) is 0 Å². The molecule has 0 saturated heterocycles. The molecule has 0 saturated carbocycles. The minimum atomic E-state index is -0.326. The van der Waals surface area contributed by atoms with E-state index in [1.807, 2.05) is 25.1 Å². The second-order valence-electron chi connectivity index (χ2n) is 8.03. The van der Waals surface area contributed by atoms with Gasteiger partial charge in [0.15, 0.2) is 11.5 Å².